The minimum atomic E-state index is -0.922. The van der Waals surface area contributed by atoms with Crippen LogP contribution >= 0.6 is 23.5 Å². The van der Waals surface area contributed by atoms with E-state index in [1.54, 1.807) is 18.2 Å². The van der Waals surface area contributed by atoms with Crippen LogP contribution in [-0.2, 0) is 11.2 Å². The molecule has 7 heteroatoms. The van der Waals surface area contributed by atoms with Crippen molar-refractivity contribution < 1.29 is 19.4 Å². The van der Waals surface area contributed by atoms with Crippen molar-refractivity contribution in [3.63, 3.8) is 0 Å². The maximum Gasteiger partial charge on any atom is 0.307 e. The van der Waals surface area contributed by atoms with Crippen LogP contribution in [0.1, 0.15) is 65.6 Å². The summed E-state index contributed by atoms with van der Waals surface area (Å²) >= 11 is 7.13. The number of carbonyl (C=O) groups is 2. The number of ether oxygens (including phenoxy) is 1. The average Bonchev–Trinajstić information content (AvgIpc) is 2.74. The van der Waals surface area contributed by atoms with Crippen LogP contribution in [0, 0.1) is 19.8 Å². The molecule has 0 radical (unpaired) electrons. The van der Waals surface area contributed by atoms with Crippen molar-refractivity contribution >= 4 is 40.3 Å². The number of nitrogens with one attached hydrogen (secondary N) is 1. The molecule has 1 aliphatic carbocycles. The van der Waals surface area contributed by atoms with E-state index in [4.69, 9.17) is 21.4 Å². The van der Waals surface area contributed by atoms with E-state index in [2.05, 4.69) is 4.72 Å². The minimum absolute atomic E-state index is 0.106. The number of carboxylic acids is 1. The van der Waals surface area contributed by atoms with E-state index in [-0.39, 0.29) is 11.5 Å². The first-order valence-electron chi connectivity index (χ1n) is 11.0. The van der Waals surface area contributed by atoms with Gasteiger partial charge in [0.15, 0.2) is 0 Å². The van der Waals surface area contributed by atoms with Crippen LogP contribution in [0.2, 0.25) is 5.02 Å². The number of rotatable bonds is 9. The molecule has 2 N–H and O–H groups in total. The first-order chi connectivity index (χ1) is 15.3. The zero-order chi connectivity index (χ0) is 23.1. The largest absolute Gasteiger partial charge is 0.494 e. The van der Waals surface area contributed by atoms with Crippen LogP contribution in [0.5, 0.6) is 5.75 Å². The summed E-state index contributed by atoms with van der Waals surface area (Å²) in [6, 6.07) is 8.78. The van der Waals surface area contributed by atoms with E-state index in [1.807, 2.05) is 26.0 Å². The zero-order valence-corrected chi connectivity index (χ0v) is 20.2. The van der Waals surface area contributed by atoms with Gasteiger partial charge in [0.25, 0.3) is 0 Å². The average molecular weight is 476 g/mol. The van der Waals surface area contributed by atoms with Crippen LogP contribution in [0.4, 0.5) is 5.69 Å². The summed E-state index contributed by atoms with van der Waals surface area (Å²) in [5.74, 6) is 0.652. The number of hydrogen-bond donors (Lipinski definition) is 2. The molecule has 0 bridgehead atoms. The molecule has 0 amide bonds. The molecule has 1 fully saturated rings. The van der Waals surface area contributed by atoms with Crippen molar-refractivity contribution in [2.24, 2.45) is 5.92 Å². The molecule has 0 atom stereocenters. The molecule has 3 rings (SSSR count). The molecule has 2 aromatic carbocycles. The fourth-order valence-electron chi connectivity index (χ4n) is 4.24. The Bertz CT molecular complexity index is 949. The highest BCUT2D eigenvalue weighted by Gasteiger charge is 2.17. The summed E-state index contributed by atoms with van der Waals surface area (Å²) in [6.45, 7) is 4.53. The van der Waals surface area contributed by atoms with Crippen LogP contribution in [-0.4, -0.2) is 22.8 Å². The van der Waals surface area contributed by atoms with Crippen molar-refractivity contribution in [2.75, 3.05) is 11.3 Å². The smallest absolute Gasteiger partial charge is 0.307 e. The van der Waals surface area contributed by atoms with Gasteiger partial charge in [-0.05, 0) is 67.1 Å². The van der Waals surface area contributed by atoms with Gasteiger partial charge in [0, 0.05) is 17.5 Å². The SMILES string of the molecule is Cc1cc(OCCC2CCCCC2)cc(C)c1C(=O)SNc1cc(CC(=O)O)ccc1Cl. The number of benzene rings is 2. The number of carbonyl (C=O) groups excluding carboxylic acids is 1. The first-order valence-corrected chi connectivity index (χ1v) is 12.2. The van der Waals surface area contributed by atoms with Crippen LogP contribution in [0.15, 0.2) is 30.3 Å². The highest BCUT2D eigenvalue weighted by atomic mass is 35.5. The van der Waals surface area contributed by atoms with Crippen LogP contribution < -0.4 is 9.46 Å². The van der Waals surface area contributed by atoms with E-state index >= 15 is 0 Å². The molecule has 0 spiro atoms. The van der Waals surface area contributed by atoms with Crippen molar-refractivity contribution in [2.45, 2.75) is 58.8 Å². The molecule has 2 aromatic rings. The second-order valence-electron chi connectivity index (χ2n) is 8.45. The topological polar surface area (TPSA) is 75.6 Å². The van der Waals surface area contributed by atoms with Crippen molar-refractivity contribution in [1.82, 2.24) is 0 Å². The Morgan fingerprint density at radius 1 is 1.12 bits per heavy atom. The maximum atomic E-state index is 12.9. The lowest BCUT2D eigenvalue weighted by Crippen LogP contribution is -2.11. The number of aliphatic carboxylic acids is 1. The lowest BCUT2D eigenvalue weighted by atomic mass is 9.87. The summed E-state index contributed by atoms with van der Waals surface area (Å²) < 4.78 is 8.97. The summed E-state index contributed by atoms with van der Waals surface area (Å²) in [5, 5.41) is 9.27. The van der Waals surface area contributed by atoms with Gasteiger partial charge in [0.2, 0.25) is 5.12 Å². The summed E-state index contributed by atoms with van der Waals surface area (Å²) in [4.78, 5) is 23.8. The Kier molecular flexibility index (Phi) is 8.88. The number of anilines is 1. The molecule has 172 valence electrons. The minimum Gasteiger partial charge on any atom is -0.494 e. The third-order valence-corrected chi connectivity index (χ3v) is 6.91. The van der Waals surface area contributed by atoms with E-state index in [9.17, 15) is 9.59 Å². The van der Waals surface area contributed by atoms with Gasteiger partial charge in [-0.2, -0.15) is 0 Å². The maximum absolute atomic E-state index is 12.9. The van der Waals surface area contributed by atoms with E-state index in [0.717, 1.165) is 41.2 Å². The molecule has 1 saturated carbocycles. The molecule has 5 nitrogen and oxygen atoms in total. The second-order valence-corrected chi connectivity index (χ2v) is 9.64. The lowest BCUT2D eigenvalue weighted by Gasteiger charge is -2.21. The molecule has 1 aliphatic rings. The summed E-state index contributed by atoms with van der Waals surface area (Å²) in [5.41, 5.74) is 3.49. The highest BCUT2D eigenvalue weighted by Crippen LogP contribution is 2.30. The molecule has 0 saturated heterocycles. The van der Waals surface area contributed by atoms with Gasteiger partial charge in [0.05, 0.1) is 23.7 Å². The first kappa shape index (κ1) is 24.5. The Labute approximate surface area is 199 Å². The third-order valence-electron chi connectivity index (χ3n) is 5.87. The Morgan fingerprint density at radius 2 is 1.81 bits per heavy atom. The fraction of sp³-hybridized carbons (Fsp3) is 0.440. The predicted molar refractivity (Wildman–Crippen MR) is 131 cm³/mol. The van der Waals surface area contributed by atoms with Crippen LogP contribution in [0.3, 0.4) is 0 Å². The van der Waals surface area contributed by atoms with Gasteiger partial charge >= 0.3 is 5.97 Å². The van der Waals surface area contributed by atoms with E-state index in [1.165, 1.54) is 32.1 Å². The van der Waals surface area contributed by atoms with Gasteiger partial charge in [-0.25, -0.2) is 0 Å². The Balaban J connectivity index is 1.60. The van der Waals surface area contributed by atoms with E-state index < -0.39 is 5.97 Å². The summed E-state index contributed by atoms with van der Waals surface area (Å²) in [7, 11) is 0. The van der Waals surface area contributed by atoms with Crippen molar-refractivity contribution in [3.05, 3.63) is 57.6 Å². The monoisotopic (exact) mass is 475 g/mol. The zero-order valence-electron chi connectivity index (χ0n) is 18.6. The standard InChI is InChI=1S/C25H30ClNO4S/c1-16-12-20(31-11-10-18-6-4-3-5-7-18)13-17(2)24(16)25(30)32-27-22-14-19(15-23(28)29)8-9-21(22)26/h8-9,12-14,18,27H,3-7,10-11,15H2,1-2H3,(H,28,29). The Hall–Kier alpha value is -2.18. The number of hydrogen-bond acceptors (Lipinski definition) is 5. The van der Waals surface area contributed by atoms with Gasteiger partial charge < -0.3 is 14.6 Å². The molecular formula is C25H30ClNO4S. The predicted octanol–water partition coefficient (Wildman–Crippen LogP) is 6.83. The van der Waals surface area contributed by atoms with Gasteiger partial charge in [-0.3, -0.25) is 9.59 Å². The van der Waals surface area contributed by atoms with Crippen molar-refractivity contribution in [3.8, 4) is 5.75 Å². The van der Waals surface area contributed by atoms with E-state index in [0.29, 0.717) is 28.4 Å². The second kappa shape index (κ2) is 11.6. The quantitative estimate of drug-likeness (QED) is 0.387. The fourth-order valence-corrected chi connectivity index (χ4v) is 5.25. The molecule has 0 heterocycles. The molecule has 0 aliphatic heterocycles. The number of halogens is 1. The highest BCUT2D eigenvalue weighted by molar-refractivity contribution is 8.15. The molecule has 32 heavy (non-hydrogen) atoms. The molecule has 0 unspecified atom stereocenters. The number of carboxylic acid groups (broad SMARTS) is 1. The lowest BCUT2D eigenvalue weighted by molar-refractivity contribution is -0.136. The normalized spacial score (nSPS) is 14.2. The molecular weight excluding hydrogens is 446 g/mol. The van der Waals surface area contributed by atoms with Gasteiger partial charge in [-0.1, -0.05) is 49.8 Å². The third kappa shape index (κ3) is 6.91. The van der Waals surface area contributed by atoms with Crippen LogP contribution in [0.25, 0.3) is 0 Å². The van der Waals surface area contributed by atoms with Crippen molar-refractivity contribution in [1.29, 1.82) is 0 Å². The van der Waals surface area contributed by atoms with Gasteiger partial charge in [0.1, 0.15) is 5.75 Å². The number of aryl methyl sites for hydroxylation is 2. The Morgan fingerprint density at radius 3 is 2.47 bits per heavy atom. The molecule has 0 aromatic heterocycles. The van der Waals surface area contributed by atoms with Gasteiger partial charge in [-0.15, -0.1) is 0 Å². The summed E-state index contributed by atoms with van der Waals surface area (Å²) in [6.07, 6.45) is 7.62.